The SMILES string of the molecule is CCCCCN(C)c1cc(NN)nc(COCC)n1. The number of rotatable bonds is 9. The molecule has 0 aromatic carbocycles. The third-order valence-corrected chi connectivity index (χ3v) is 2.83. The molecule has 19 heavy (non-hydrogen) atoms. The molecule has 1 aromatic rings. The fourth-order valence-corrected chi connectivity index (χ4v) is 1.72. The van der Waals surface area contributed by atoms with Gasteiger partial charge < -0.3 is 15.1 Å². The van der Waals surface area contributed by atoms with E-state index in [0.717, 1.165) is 18.8 Å². The third kappa shape index (κ3) is 5.40. The molecule has 0 atom stereocenters. The minimum absolute atomic E-state index is 0.405. The van der Waals surface area contributed by atoms with Gasteiger partial charge in [0.1, 0.15) is 18.2 Å². The first-order chi connectivity index (χ1) is 9.21. The number of nitrogen functional groups attached to an aromatic ring is 1. The second-order valence-electron chi connectivity index (χ2n) is 4.44. The molecule has 0 saturated heterocycles. The third-order valence-electron chi connectivity index (χ3n) is 2.83. The lowest BCUT2D eigenvalue weighted by atomic mass is 10.2. The summed E-state index contributed by atoms with van der Waals surface area (Å²) in [5.41, 5.74) is 2.57. The van der Waals surface area contributed by atoms with Crippen molar-refractivity contribution in [2.45, 2.75) is 39.7 Å². The average Bonchev–Trinajstić information content (AvgIpc) is 2.44. The lowest BCUT2D eigenvalue weighted by Gasteiger charge is -2.19. The summed E-state index contributed by atoms with van der Waals surface area (Å²) >= 11 is 0. The maximum Gasteiger partial charge on any atom is 0.158 e. The van der Waals surface area contributed by atoms with Crippen LogP contribution in [-0.4, -0.2) is 30.2 Å². The molecular weight excluding hydrogens is 242 g/mol. The van der Waals surface area contributed by atoms with E-state index in [1.165, 1.54) is 12.8 Å². The fraction of sp³-hybridized carbons (Fsp3) is 0.692. The molecule has 6 nitrogen and oxygen atoms in total. The minimum atomic E-state index is 0.405. The summed E-state index contributed by atoms with van der Waals surface area (Å²) in [6.07, 6.45) is 3.59. The number of hydrogen-bond acceptors (Lipinski definition) is 6. The van der Waals surface area contributed by atoms with Crippen molar-refractivity contribution in [1.29, 1.82) is 0 Å². The van der Waals surface area contributed by atoms with E-state index in [9.17, 15) is 0 Å². The van der Waals surface area contributed by atoms with Crippen molar-refractivity contribution in [2.75, 3.05) is 30.5 Å². The van der Waals surface area contributed by atoms with Gasteiger partial charge in [-0.15, -0.1) is 0 Å². The molecule has 0 saturated carbocycles. The molecule has 0 aliphatic carbocycles. The summed E-state index contributed by atoms with van der Waals surface area (Å²) in [4.78, 5) is 10.9. The van der Waals surface area contributed by atoms with Gasteiger partial charge in [0, 0.05) is 26.3 Å². The Labute approximate surface area is 115 Å². The Balaban J connectivity index is 2.74. The summed E-state index contributed by atoms with van der Waals surface area (Å²) < 4.78 is 5.34. The first-order valence-corrected chi connectivity index (χ1v) is 6.84. The van der Waals surface area contributed by atoms with Crippen LogP contribution in [0.1, 0.15) is 38.9 Å². The summed E-state index contributed by atoms with van der Waals surface area (Å²) in [5.74, 6) is 7.57. The van der Waals surface area contributed by atoms with Crippen LogP contribution in [0, 0.1) is 0 Å². The first kappa shape index (κ1) is 15.7. The molecule has 0 aliphatic heterocycles. The lowest BCUT2D eigenvalue weighted by Crippen LogP contribution is -2.21. The zero-order valence-corrected chi connectivity index (χ0v) is 12.1. The molecule has 0 aliphatic rings. The van der Waals surface area contributed by atoms with Crippen LogP contribution < -0.4 is 16.2 Å². The number of anilines is 2. The summed E-state index contributed by atoms with van der Waals surface area (Å²) in [5, 5.41) is 0. The van der Waals surface area contributed by atoms with Gasteiger partial charge in [-0.25, -0.2) is 15.8 Å². The number of nitrogens with one attached hydrogen (secondary N) is 1. The van der Waals surface area contributed by atoms with Crippen LogP contribution in [0.15, 0.2) is 6.07 Å². The highest BCUT2D eigenvalue weighted by atomic mass is 16.5. The van der Waals surface area contributed by atoms with Crippen molar-refractivity contribution in [3.8, 4) is 0 Å². The zero-order chi connectivity index (χ0) is 14.1. The highest BCUT2D eigenvalue weighted by molar-refractivity contribution is 5.48. The van der Waals surface area contributed by atoms with E-state index < -0.39 is 0 Å². The van der Waals surface area contributed by atoms with Crippen LogP contribution >= 0.6 is 0 Å². The molecule has 0 bridgehead atoms. The molecule has 3 N–H and O–H groups in total. The number of ether oxygens (including phenoxy) is 1. The predicted octanol–water partition coefficient (Wildman–Crippen LogP) is 1.93. The molecule has 0 radical (unpaired) electrons. The van der Waals surface area contributed by atoms with Gasteiger partial charge in [-0.3, -0.25) is 0 Å². The maximum absolute atomic E-state index is 5.44. The van der Waals surface area contributed by atoms with Crippen LogP contribution in [0.3, 0.4) is 0 Å². The average molecular weight is 267 g/mol. The largest absolute Gasteiger partial charge is 0.374 e. The topological polar surface area (TPSA) is 76.3 Å². The Bertz CT molecular complexity index is 372. The van der Waals surface area contributed by atoms with E-state index in [1.54, 1.807) is 0 Å². The van der Waals surface area contributed by atoms with E-state index in [0.29, 0.717) is 24.9 Å². The summed E-state index contributed by atoms with van der Waals surface area (Å²) in [7, 11) is 2.03. The highest BCUT2D eigenvalue weighted by Crippen LogP contribution is 2.15. The van der Waals surface area contributed by atoms with Crippen molar-refractivity contribution in [1.82, 2.24) is 9.97 Å². The minimum Gasteiger partial charge on any atom is -0.374 e. The van der Waals surface area contributed by atoms with Gasteiger partial charge in [0.05, 0.1) is 0 Å². The predicted molar refractivity (Wildman–Crippen MR) is 78.0 cm³/mol. The van der Waals surface area contributed by atoms with Crippen molar-refractivity contribution in [3.63, 3.8) is 0 Å². The van der Waals surface area contributed by atoms with Gasteiger partial charge in [-0.1, -0.05) is 19.8 Å². The van der Waals surface area contributed by atoms with E-state index in [4.69, 9.17) is 10.6 Å². The van der Waals surface area contributed by atoms with Crippen molar-refractivity contribution in [3.05, 3.63) is 11.9 Å². The summed E-state index contributed by atoms with van der Waals surface area (Å²) in [6.45, 7) is 6.17. The smallest absolute Gasteiger partial charge is 0.158 e. The van der Waals surface area contributed by atoms with Gasteiger partial charge >= 0.3 is 0 Å². The number of aromatic nitrogens is 2. The van der Waals surface area contributed by atoms with Gasteiger partial charge in [0.15, 0.2) is 5.82 Å². The number of hydrogen-bond donors (Lipinski definition) is 2. The molecule has 1 aromatic heterocycles. The van der Waals surface area contributed by atoms with E-state index in [1.807, 2.05) is 20.0 Å². The van der Waals surface area contributed by atoms with Crippen LogP contribution in [0.4, 0.5) is 11.6 Å². The number of unbranched alkanes of at least 4 members (excludes halogenated alkanes) is 2. The molecule has 0 amide bonds. The number of hydrazine groups is 1. The Morgan fingerprint density at radius 3 is 2.74 bits per heavy atom. The van der Waals surface area contributed by atoms with Crippen LogP contribution in [0.2, 0.25) is 0 Å². The van der Waals surface area contributed by atoms with Crippen molar-refractivity contribution in [2.24, 2.45) is 5.84 Å². The van der Waals surface area contributed by atoms with E-state index in [-0.39, 0.29) is 0 Å². The van der Waals surface area contributed by atoms with Gasteiger partial charge in [0.2, 0.25) is 0 Å². The monoisotopic (exact) mass is 267 g/mol. The Hall–Kier alpha value is -1.40. The van der Waals surface area contributed by atoms with E-state index in [2.05, 4.69) is 27.2 Å². The normalized spacial score (nSPS) is 10.5. The lowest BCUT2D eigenvalue weighted by molar-refractivity contribution is 0.128. The molecule has 0 spiro atoms. The molecule has 108 valence electrons. The van der Waals surface area contributed by atoms with Gasteiger partial charge in [-0.05, 0) is 13.3 Å². The van der Waals surface area contributed by atoms with Crippen LogP contribution in [0.25, 0.3) is 0 Å². The molecule has 0 fully saturated rings. The number of nitrogens with zero attached hydrogens (tertiary/aromatic N) is 3. The second-order valence-corrected chi connectivity index (χ2v) is 4.44. The Kier molecular flexibility index (Phi) is 7.14. The molecule has 1 heterocycles. The Morgan fingerprint density at radius 1 is 1.32 bits per heavy atom. The number of nitrogens with two attached hydrogens (primary N) is 1. The zero-order valence-electron chi connectivity index (χ0n) is 12.1. The maximum atomic E-state index is 5.44. The van der Waals surface area contributed by atoms with Gasteiger partial charge in [0.25, 0.3) is 0 Å². The molecule has 0 unspecified atom stereocenters. The first-order valence-electron chi connectivity index (χ1n) is 6.84. The van der Waals surface area contributed by atoms with Gasteiger partial charge in [-0.2, -0.15) is 0 Å². The standard InChI is InChI=1S/C13H25N5O/c1-4-6-7-8-18(3)13-9-11(17-14)15-12(16-13)10-19-5-2/h9H,4-8,10,14H2,1-3H3,(H,15,16,17). The van der Waals surface area contributed by atoms with E-state index >= 15 is 0 Å². The van der Waals surface area contributed by atoms with Crippen molar-refractivity contribution < 1.29 is 4.74 Å². The molecular formula is C13H25N5O. The molecule has 1 rings (SSSR count). The summed E-state index contributed by atoms with van der Waals surface area (Å²) in [6, 6.07) is 1.85. The fourth-order valence-electron chi connectivity index (χ4n) is 1.72. The second kappa shape index (κ2) is 8.66. The highest BCUT2D eigenvalue weighted by Gasteiger charge is 2.08. The van der Waals surface area contributed by atoms with Crippen LogP contribution in [0.5, 0.6) is 0 Å². The van der Waals surface area contributed by atoms with Crippen LogP contribution in [-0.2, 0) is 11.3 Å². The van der Waals surface area contributed by atoms with Crippen molar-refractivity contribution >= 4 is 11.6 Å². The Morgan fingerprint density at radius 2 is 2.11 bits per heavy atom. The molecule has 6 heteroatoms. The quantitative estimate of drug-likeness (QED) is 0.404.